The second kappa shape index (κ2) is 5.84. The zero-order valence-electron chi connectivity index (χ0n) is 11.6. The molecule has 0 saturated carbocycles. The Morgan fingerprint density at radius 3 is 2.89 bits per heavy atom. The van der Waals surface area contributed by atoms with Gasteiger partial charge in [0.15, 0.2) is 5.82 Å². The Balaban J connectivity index is 2.15. The van der Waals surface area contributed by atoms with Crippen molar-refractivity contribution in [2.24, 2.45) is 5.73 Å². The number of nitrogens with two attached hydrogens (primary N) is 1. The van der Waals surface area contributed by atoms with Crippen LogP contribution >= 0.6 is 0 Å². The molecular weight excluding hydrogens is 240 g/mol. The molecule has 0 aliphatic rings. The molecule has 0 radical (unpaired) electrons. The number of aromatic nitrogens is 3. The minimum atomic E-state index is -0.0565. The Kier molecular flexibility index (Phi) is 4.16. The Bertz CT molecular complexity index is 548. The van der Waals surface area contributed by atoms with E-state index in [4.69, 9.17) is 10.5 Å². The minimum absolute atomic E-state index is 0.0565. The van der Waals surface area contributed by atoms with Crippen LogP contribution in [0.25, 0.3) is 0 Å². The van der Waals surface area contributed by atoms with E-state index in [0.717, 1.165) is 23.7 Å². The van der Waals surface area contributed by atoms with Gasteiger partial charge in [0.25, 0.3) is 0 Å². The van der Waals surface area contributed by atoms with Crippen LogP contribution in [0.4, 0.5) is 0 Å². The minimum Gasteiger partial charge on any atom is -0.485 e. The molecule has 1 aromatic carbocycles. The summed E-state index contributed by atoms with van der Waals surface area (Å²) in [6.45, 7) is 7.21. The largest absolute Gasteiger partial charge is 0.485 e. The van der Waals surface area contributed by atoms with Crippen LogP contribution in [-0.4, -0.2) is 14.8 Å². The molecule has 1 atom stereocenters. The highest BCUT2D eigenvalue weighted by Crippen LogP contribution is 2.25. The standard InChI is InChI=1S/C14H20N4O/c1-4-18-14(16-9-17-18)8-19-13-6-5-10(2)7-12(13)11(3)15/h5-7,9,11H,4,8,15H2,1-3H3. The van der Waals surface area contributed by atoms with Gasteiger partial charge in [0.05, 0.1) is 0 Å². The van der Waals surface area contributed by atoms with E-state index in [-0.39, 0.29) is 6.04 Å². The summed E-state index contributed by atoms with van der Waals surface area (Å²) in [5.41, 5.74) is 8.17. The van der Waals surface area contributed by atoms with Crippen molar-refractivity contribution in [2.75, 3.05) is 0 Å². The lowest BCUT2D eigenvalue weighted by atomic mass is 10.1. The van der Waals surface area contributed by atoms with Crippen molar-refractivity contribution in [1.29, 1.82) is 0 Å². The molecule has 0 aliphatic carbocycles. The van der Waals surface area contributed by atoms with Crippen molar-refractivity contribution in [1.82, 2.24) is 14.8 Å². The molecule has 19 heavy (non-hydrogen) atoms. The van der Waals surface area contributed by atoms with E-state index in [0.29, 0.717) is 6.61 Å². The van der Waals surface area contributed by atoms with Gasteiger partial charge in [-0.3, -0.25) is 0 Å². The molecule has 5 heteroatoms. The quantitative estimate of drug-likeness (QED) is 0.895. The predicted octanol–water partition coefficient (Wildman–Crippen LogP) is 2.21. The molecule has 0 saturated heterocycles. The third-order valence-electron chi connectivity index (χ3n) is 3.01. The fourth-order valence-corrected chi connectivity index (χ4v) is 1.96. The Morgan fingerprint density at radius 1 is 1.42 bits per heavy atom. The topological polar surface area (TPSA) is 66.0 Å². The highest BCUT2D eigenvalue weighted by atomic mass is 16.5. The average Bonchev–Trinajstić information content (AvgIpc) is 2.84. The van der Waals surface area contributed by atoms with Gasteiger partial charge in [0.1, 0.15) is 18.7 Å². The van der Waals surface area contributed by atoms with Crippen LogP contribution in [-0.2, 0) is 13.2 Å². The van der Waals surface area contributed by atoms with Crippen molar-refractivity contribution in [3.63, 3.8) is 0 Å². The van der Waals surface area contributed by atoms with Gasteiger partial charge in [0, 0.05) is 18.2 Å². The number of benzene rings is 1. The number of aryl methyl sites for hydroxylation is 2. The van der Waals surface area contributed by atoms with Crippen LogP contribution in [0.2, 0.25) is 0 Å². The van der Waals surface area contributed by atoms with Gasteiger partial charge in [0.2, 0.25) is 0 Å². The monoisotopic (exact) mass is 260 g/mol. The summed E-state index contributed by atoms with van der Waals surface area (Å²) in [6, 6.07) is 5.98. The van der Waals surface area contributed by atoms with E-state index >= 15 is 0 Å². The molecule has 0 spiro atoms. The molecule has 2 N–H and O–H groups in total. The number of hydrogen-bond acceptors (Lipinski definition) is 4. The van der Waals surface area contributed by atoms with Crippen LogP contribution in [0.15, 0.2) is 24.5 Å². The van der Waals surface area contributed by atoms with Crippen LogP contribution < -0.4 is 10.5 Å². The molecule has 0 amide bonds. The van der Waals surface area contributed by atoms with Crippen LogP contribution in [0.3, 0.4) is 0 Å². The normalized spacial score (nSPS) is 12.4. The van der Waals surface area contributed by atoms with E-state index in [1.165, 1.54) is 5.56 Å². The Labute approximate surface area is 113 Å². The van der Waals surface area contributed by atoms with E-state index in [1.54, 1.807) is 6.33 Å². The third kappa shape index (κ3) is 3.12. The smallest absolute Gasteiger partial charge is 0.164 e. The molecule has 0 aliphatic heterocycles. The summed E-state index contributed by atoms with van der Waals surface area (Å²) in [4.78, 5) is 4.19. The first-order chi connectivity index (χ1) is 9.11. The first kappa shape index (κ1) is 13.5. The third-order valence-corrected chi connectivity index (χ3v) is 3.01. The second-order valence-electron chi connectivity index (χ2n) is 4.61. The molecule has 1 heterocycles. The molecule has 2 rings (SSSR count). The SMILES string of the molecule is CCn1ncnc1COc1ccc(C)cc1C(C)N. The van der Waals surface area contributed by atoms with Gasteiger partial charge in [-0.1, -0.05) is 17.7 Å². The summed E-state index contributed by atoms with van der Waals surface area (Å²) in [7, 11) is 0. The van der Waals surface area contributed by atoms with Crippen molar-refractivity contribution in [3.05, 3.63) is 41.5 Å². The van der Waals surface area contributed by atoms with Gasteiger partial charge in [-0.2, -0.15) is 5.10 Å². The zero-order valence-corrected chi connectivity index (χ0v) is 11.6. The van der Waals surface area contributed by atoms with Crippen LogP contribution in [0, 0.1) is 6.92 Å². The lowest BCUT2D eigenvalue weighted by Gasteiger charge is -2.14. The summed E-state index contributed by atoms with van der Waals surface area (Å²) in [5, 5.41) is 4.12. The predicted molar refractivity (Wildman–Crippen MR) is 73.8 cm³/mol. The van der Waals surface area contributed by atoms with Gasteiger partial charge in [-0.05, 0) is 26.8 Å². The summed E-state index contributed by atoms with van der Waals surface area (Å²) < 4.78 is 7.66. The van der Waals surface area contributed by atoms with Gasteiger partial charge in [-0.15, -0.1) is 0 Å². The summed E-state index contributed by atoms with van der Waals surface area (Å²) in [6.07, 6.45) is 1.55. The fourth-order valence-electron chi connectivity index (χ4n) is 1.96. The second-order valence-corrected chi connectivity index (χ2v) is 4.61. The zero-order chi connectivity index (χ0) is 13.8. The van der Waals surface area contributed by atoms with Crippen molar-refractivity contribution < 1.29 is 4.74 Å². The number of nitrogens with zero attached hydrogens (tertiary/aromatic N) is 3. The van der Waals surface area contributed by atoms with E-state index in [1.807, 2.05) is 37.6 Å². The molecular formula is C14H20N4O. The van der Waals surface area contributed by atoms with Crippen LogP contribution in [0.1, 0.15) is 36.8 Å². The van der Waals surface area contributed by atoms with E-state index in [9.17, 15) is 0 Å². The van der Waals surface area contributed by atoms with Gasteiger partial charge < -0.3 is 10.5 Å². The van der Waals surface area contributed by atoms with Crippen molar-refractivity contribution >= 4 is 0 Å². The number of rotatable bonds is 5. The van der Waals surface area contributed by atoms with Crippen molar-refractivity contribution in [2.45, 2.75) is 40.0 Å². The maximum atomic E-state index is 5.98. The molecule has 5 nitrogen and oxygen atoms in total. The van der Waals surface area contributed by atoms with Gasteiger partial charge >= 0.3 is 0 Å². The molecule has 0 bridgehead atoms. The maximum Gasteiger partial charge on any atom is 0.164 e. The number of hydrogen-bond donors (Lipinski definition) is 1. The Hall–Kier alpha value is -1.88. The molecule has 0 fully saturated rings. The lowest BCUT2D eigenvalue weighted by Crippen LogP contribution is -2.11. The summed E-state index contributed by atoms with van der Waals surface area (Å²) >= 11 is 0. The molecule has 1 aromatic heterocycles. The number of ether oxygens (including phenoxy) is 1. The van der Waals surface area contributed by atoms with Crippen LogP contribution in [0.5, 0.6) is 5.75 Å². The Morgan fingerprint density at radius 2 is 2.21 bits per heavy atom. The van der Waals surface area contributed by atoms with E-state index < -0.39 is 0 Å². The molecule has 102 valence electrons. The first-order valence-electron chi connectivity index (χ1n) is 6.47. The van der Waals surface area contributed by atoms with Crippen molar-refractivity contribution in [3.8, 4) is 5.75 Å². The van der Waals surface area contributed by atoms with Gasteiger partial charge in [-0.25, -0.2) is 9.67 Å². The molecule has 2 aromatic rings. The highest BCUT2D eigenvalue weighted by Gasteiger charge is 2.10. The highest BCUT2D eigenvalue weighted by molar-refractivity contribution is 5.38. The average molecular weight is 260 g/mol. The fraction of sp³-hybridized carbons (Fsp3) is 0.429. The first-order valence-corrected chi connectivity index (χ1v) is 6.47. The lowest BCUT2D eigenvalue weighted by molar-refractivity contribution is 0.283. The molecule has 1 unspecified atom stereocenters. The summed E-state index contributed by atoms with van der Waals surface area (Å²) in [5.74, 6) is 1.63. The maximum absolute atomic E-state index is 5.98. The van der Waals surface area contributed by atoms with E-state index in [2.05, 4.69) is 16.1 Å².